The fourth-order valence-electron chi connectivity index (χ4n) is 2.74. The number of carbonyl (C=O) groups excluding carboxylic acids is 1. The summed E-state index contributed by atoms with van der Waals surface area (Å²) in [6, 6.07) is 6.09. The Balaban J connectivity index is 1.69. The third-order valence-electron chi connectivity index (χ3n) is 4.43. The van der Waals surface area contributed by atoms with Crippen molar-refractivity contribution in [2.24, 2.45) is 11.7 Å². The lowest BCUT2D eigenvalue weighted by Crippen LogP contribution is -2.40. The Bertz CT molecular complexity index is 697. The molecule has 132 valence electrons. The van der Waals surface area contributed by atoms with Crippen LogP contribution in [0.5, 0.6) is 0 Å². The average Bonchev–Trinajstić information content (AvgIpc) is 3.45. The van der Waals surface area contributed by atoms with Gasteiger partial charge in [0.1, 0.15) is 0 Å². The maximum absolute atomic E-state index is 12.6. The molecule has 3 rings (SSSR count). The highest BCUT2D eigenvalue weighted by atomic mass is 32.2. The zero-order valence-electron chi connectivity index (χ0n) is 13.5. The standard InChI is InChI=1S/C16H23N3O4S/c17-15(12-4-5-12)11-18-16(20)13-2-1-3-14(10-13)24(21,22)19-6-8-23-9-7-19/h1-3,10,12,15H,4-9,11,17H2,(H,18,20). The van der Waals surface area contributed by atoms with Gasteiger partial charge in [0.15, 0.2) is 0 Å². The van der Waals surface area contributed by atoms with Crippen LogP contribution in [0.4, 0.5) is 0 Å². The number of carbonyl (C=O) groups is 1. The monoisotopic (exact) mass is 353 g/mol. The van der Waals surface area contributed by atoms with Crippen LogP contribution in [-0.4, -0.2) is 57.5 Å². The summed E-state index contributed by atoms with van der Waals surface area (Å²) in [5.41, 5.74) is 6.30. The second-order valence-corrected chi connectivity index (χ2v) is 8.19. The van der Waals surface area contributed by atoms with Crippen molar-refractivity contribution < 1.29 is 17.9 Å². The molecule has 1 atom stereocenters. The molecule has 1 saturated heterocycles. The highest BCUT2D eigenvalue weighted by Gasteiger charge is 2.29. The third kappa shape index (κ3) is 3.94. The average molecular weight is 353 g/mol. The van der Waals surface area contributed by atoms with Crippen LogP contribution in [0.1, 0.15) is 23.2 Å². The summed E-state index contributed by atoms with van der Waals surface area (Å²) in [6.45, 7) is 1.84. The molecule has 0 radical (unpaired) electrons. The van der Waals surface area contributed by atoms with Gasteiger partial charge in [0, 0.05) is 31.2 Å². The van der Waals surface area contributed by atoms with E-state index >= 15 is 0 Å². The van der Waals surface area contributed by atoms with Crippen molar-refractivity contribution in [3.05, 3.63) is 29.8 Å². The van der Waals surface area contributed by atoms with Gasteiger partial charge in [-0.25, -0.2) is 8.42 Å². The van der Waals surface area contributed by atoms with Crippen molar-refractivity contribution in [2.45, 2.75) is 23.8 Å². The molecule has 24 heavy (non-hydrogen) atoms. The fraction of sp³-hybridized carbons (Fsp3) is 0.562. The number of nitrogens with one attached hydrogen (secondary N) is 1. The van der Waals surface area contributed by atoms with Crippen LogP contribution in [0.25, 0.3) is 0 Å². The Kier molecular flexibility index (Phi) is 5.19. The number of ether oxygens (including phenoxy) is 1. The maximum Gasteiger partial charge on any atom is 0.251 e. The van der Waals surface area contributed by atoms with Gasteiger partial charge in [0.2, 0.25) is 10.0 Å². The van der Waals surface area contributed by atoms with E-state index in [2.05, 4.69) is 5.32 Å². The molecular formula is C16H23N3O4S. The molecule has 1 unspecified atom stereocenters. The van der Waals surface area contributed by atoms with E-state index in [1.807, 2.05) is 0 Å². The van der Waals surface area contributed by atoms with Gasteiger partial charge in [-0.1, -0.05) is 6.07 Å². The van der Waals surface area contributed by atoms with Gasteiger partial charge in [-0.05, 0) is 37.0 Å². The SMILES string of the molecule is NC(CNC(=O)c1cccc(S(=O)(=O)N2CCOCC2)c1)C1CC1. The Morgan fingerprint density at radius 1 is 1.33 bits per heavy atom. The number of rotatable bonds is 6. The highest BCUT2D eigenvalue weighted by Crippen LogP contribution is 2.31. The summed E-state index contributed by atoms with van der Waals surface area (Å²) < 4.78 is 31.9. The van der Waals surface area contributed by atoms with E-state index in [4.69, 9.17) is 10.5 Å². The summed E-state index contributed by atoms with van der Waals surface area (Å²) in [7, 11) is -3.60. The molecule has 1 aromatic carbocycles. The van der Waals surface area contributed by atoms with E-state index in [0.717, 1.165) is 12.8 Å². The quantitative estimate of drug-likeness (QED) is 0.759. The number of morpholine rings is 1. The Morgan fingerprint density at radius 2 is 2.04 bits per heavy atom. The number of hydrogen-bond acceptors (Lipinski definition) is 5. The van der Waals surface area contributed by atoms with Crippen molar-refractivity contribution in [2.75, 3.05) is 32.8 Å². The van der Waals surface area contributed by atoms with Crippen LogP contribution in [-0.2, 0) is 14.8 Å². The molecule has 1 aliphatic carbocycles. The van der Waals surface area contributed by atoms with Crippen LogP contribution in [0, 0.1) is 5.92 Å². The first-order valence-corrected chi connectivity index (χ1v) is 9.64. The molecule has 1 aromatic rings. The lowest BCUT2D eigenvalue weighted by molar-refractivity contribution is 0.0730. The highest BCUT2D eigenvalue weighted by molar-refractivity contribution is 7.89. The molecule has 3 N–H and O–H groups in total. The lowest BCUT2D eigenvalue weighted by atomic mass is 10.2. The van der Waals surface area contributed by atoms with E-state index in [1.165, 1.54) is 16.4 Å². The number of nitrogens with two attached hydrogens (primary N) is 1. The van der Waals surface area contributed by atoms with Crippen molar-refractivity contribution in [3.8, 4) is 0 Å². The van der Waals surface area contributed by atoms with Gasteiger partial charge < -0.3 is 15.8 Å². The van der Waals surface area contributed by atoms with Gasteiger partial charge in [0.25, 0.3) is 5.91 Å². The number of nitrogens with zero attached hydrogens (tertiary/aromatic N) is 1. The van der Waals surface area contributed by atoms with E-state index in [1.54, 1.807) is 12.1 Å². The predicted molar refractivity (Wildman–Crippen MR) is 89.1 cm³/mol. The summed E-state index contributed by atoms with van der Waals surface area (Å²) in [4.78, 5) is 12.4. The van der Waals surface area contributed by atoms with Crippen LogP contribution < -0.4 is 11.1 Å². The van der Waals surface area contributed by atoms with Gasteiger partial charge in [-0.15, -0.1) is 0 Å². The first kappa shape index (κ1) is 17.3. The zero-order valence-corrected chi connectivity index (χ0v) is 14.3. The summed E-state index contributed by atoms with van der Waals surface area (Å²) in [5, 5.41) is 2.79. The maximum atomic E-state index is 12.6. The van der Waals surface area contributed by atoms with Gasteiger partial charge in [-0.3, -0.25) is 4.79 Å². The topological polar surface area (TPSA) is 102 Å². The molecule has 7 nitrogen and oxygen atoms in total. The number of benzene rings is 1. The van der Waals surface area contributed by atoms with Crippen LogP contribution in [0.3, 0.4) is 0 Å². The minimum absolute atomic E-state index is 0.0331. The first-order valence-electron chi connectivity index (χ1n) is 8.20. The van der Waals surface area contributed by atoms with E-state index in [9.17, 15) is 13.2 Å². The second-order valence-electron chi connectivity index (χ2n) is 6.26. The molecule has 0 spiro atoms. The largest absolute Gasteiger partial charge is 0.379 e. The van der Waals surface area contributed by atoms with Gasteiger partial charge >= 0.3 is 0 Å². The smallest absolute Gasteiger partial charge is 0.251 e. The summed E-state index contributed by atoms with van der Waals surface area (Å²) in [5.74, 6) is 0.198. The molecule has 2 fully saturated rings. The first-order chi connectivity index (χ1) is 11.5. The summed E-state index contributed by atoms with van der Waals surface area (Å²) >= 11 is 0. The zero-order chi connectivity index (χ0) is 17.2. The third-order valence-corrected chi connectivity index (χ3v) is 6.32. The van der Waals surface area contributed by atoms with Crippen molar-refractivity contribution in [1.29, 1.82) is 0 Å². The Morgan fingerprint density at radius 3 is 2.71 bits per heavy atom. The number of hydrogen-bond donors (Lipinski definition) is 2. The number of amides is 1. The van der Waals surface area contributed by atoms with Crippen LogP contribution in [0.15, 0.2) is 29.2 Å². The molecule has 1 amide bonds. The van der Waals surface area contributed by atoms with Crippen LogP contribution in [0.2, 0.25) is 0 Å². The van der Waals surface area contributed by atoms with Crippen LogP contribution >= 0.6 is 0 Å². The van der Waals surface area contributed by atoms with Crippen molar-refractivity contribution >= 4 is 15.9 Å². The predicted octanol–water partition coefficient (Wildman–Crippen LogP) is 0.175. The minimum Gasteiger partial charge on any atom is -0.379 e. The molecule has 0 aromatic heterocycles. The summed E-state index contributed by atoms with van der Waals surface area (Å²) in [6.07, 6.45) is 2.23. The van der Waals surface area contributed by atoms with Crippen molar-refractivity contribution in [1.82, 2.24) is 9.62 Å². The number of sulfonamides is 1. The molecule has 1 saturated carbocycles. The normalized spacial score (nSPS) is 20.5. The Hall–Kier alpha value is -1.48. The fourth-order valence-corrected chi connectivity index (χ4v) is 4.19. The second kappa shape index (κ2) is 7.18. The molecule has 1 heterocycles. The van der Waals surface area contributed by atoms with E-state index in [-0.39, 0.29) is 16.8 Å². The minimum atomic E-state index is -3.60. The van der Waals surface area contributed by atoms with E-state index in [0.29, 0.717) is 44.3 Å². The lowest BCUT2D eigenvalue weighted by Gasteiger charge is -2.26. The van der Waals surface area contributed by atoms with Gasteiger partial charge in [0.05, 0.1) is 18.1 Å². The Labute approximate surface area is 142 Å². The van der Waals surface area contributed by atoms with Crippen molar-refractivity contribution in [3.63, 3.8) is 0 Å². The van der Waals surface area contributed by atoms with Gasteiger partial charge in [-0.2, -0.15) is 4.31 Å². The molecule has 1 aliphatic heterocycles. The molecule has 8 heteroatoms. The molecular weight excluding hydrogens is 330 g/mol. The molecule has 0 bridgehead atoms. The molecule has 2 aliphatic rings. The van der Waals surface area contributed by atoms with E-state index < -0.39 is 10.0 Å².